The van der Waals surface area contributed by atoms with Gasteiger partial charge in [0.15, 0.2) is 0 Å². The Hall–Kier alpha value is -2.01. The zero-order chi connectivity index (χ0) is 13.6. The maximum absolute atomic E-state index is 5.43. The average molecular weight is 271 g/mol. The van der Waals surface area contributed by atoms with Crippen LogP contribution in [0.1, 0.15) is 16.8 Å². The standard InChI is InChI=1S/C14H13N3OS/c1-7-4-8(2)12-10(5-7)11(6-9(3)15-12)13-16-17-14(19)18-13/h4-6H,1-3H3,(H,17,19). The Labute approximate surface area is 115 Å². The first-order valence-electron chi connectivity index (χ1n) is 5.99. The van der Waals surface area contributed by atoms with E-state index in [4.69, 9.17) is 16.6 Å². The van der Waals surface area contributed by atoms with Crippen molar-refractivity contribution in [2.24, 2.45) is 0 Å². The van der Waals surface area contributed by atoms with E-state index in [0.29, 0.717) is 5.89 Å². The summed E-state index contributed by atoms with van der Waals surface area (Å²) in [5.74, 6) is 0.505. The number of nitrogens with one attached hydrogen (secondary N) is 1. The number of fused-ring (bicyclic) bond motifs is 1. The Morgan fingerprint density at radius 1 is 1.16 bits per heavy atom. The largest absolute Gasteiger partial charge is 0.409 e. The molecule has 0 atom stereocenters. The molecule has 19 heavy (non-hydrogen) atoms. The molecular formula is C14H13N3OS. The molecule has 0 fully saturated rings. The van der Waals surface area contributed by atoms with Crippen LogP contribution in [-0.4, -0.2) is 15.2 Å². The van der Waals surface area contributed by atoms with E-state index in [0.717, 1.165) is 27.7 Å². The Morgan fingerprint density at radius 2 is 1.95 bits per heavy atom. The molecule has 0 aliphatic rings. The van der Waals surface area contributed by atoms with Gasteiger partial charge in [-0.3, -0.25) is 4.98 Å². The number of nitrogens with zero attached hydrogens (tertiary/aromatic N) is 2. The molecule has 0 aliphatic carbocycles. The van der Waals surface area contributed by atoms with Gasteiger partial charge < -0.3 is 4.42 Å². The molecule has 0 saturated carbocycles. The molecular weight excluding hydrogens is 258 g/mol. The monoisotopic (exact) mass is 271 g/mol. The Morgan fingerprint density at radius 3 is 2.63 bits per heavy atom. The van der Waals surface area contributed by atoms with E-state index >= 15 is 0 Å². The van der Waals surface area contributed by atoms with E-state index in [-0.39, 0.29) is 4.84 Å². The highest BCUT2D eigenvalue weighted by molar-refractivity contribution is 7.71. The zero-order valence-corrected chi connectivity index (χ0v) is 11.8. The van der Waals surface area contributed by atoms with Gasteiger partial charge in [-0.1, -0.05) is 11.6 Å². The Kier molecular flexibility index (Phi) is 2.71. The van der Waals surface area contributed by atoms with Crippen LogP contribution in [0, 0.1) is 25.6 Å². The lowest BCUT2D eigenvalue weighted by Crippen LogP contribution is -1.92. The molecule has 0 radical (unpaired) electrons. The molecule has 0 aliphatic heterocycles. The van der Waals surface area contributed by atoms with Crippen LogP contribution in [-0.2, 0) is 0 Å². The van der Waals surface area contributed by atoms with Crippen LogP contribution in [0.5, 0.6) is 0 Å². The number of rotatable bonds is 1. The maximum Gasteiger partial charge on any atom is 0.284 e. The van der Waals surface area contributed by atoms with E-state index in [2.05, 4.69) is 41.2 Å². The molecule has 2 heterocycles. The number of pyridine rings is 1. The number of aromatic nitrogens is 3. The van der Waals surface area contributed by atoms with Gasteiger partial charge in [0.05, 0.1) is 5.52 Å². The summed E-state index contributed by atoms with van der Waals surface area (Å²) < 4.78 is 5.43. The van der Waals surface area contributed by atoms with E-state index < -0.39 is 0 Å². The number of hydrogen-bond acceptors (Lipinski definition) is 4. The van der Waals surface area contributed by atoms with Crippen molar-refractivity contribution in [3.05, 3.63) is 39.9 Å². The van der Waals surface area contributed by atoms with Gasteiger partial charge in [0, 0.05) is 16.6 Å². The first kappa shape index (κ1) is 12.0. The number of aryl methyl sites for hydroxylation is 3. The van der Waals surface area contributed by atoms with Crippen LogP contribution < -0.4 is 0 Å². The van der Waals surface area contributed by atoms with Gasteiger partial charge in [0.25, 0.3) is 4.84 Å². The van der Waals surface area contributed by atoms with Crippen molar-refractivity contribution in [1.29, 1.82) is 0 Å². The fourth-order valence-corrected chi connectivity index (χ4v) is 2.46. The second-order valence-corrected chi connectivity index (χ2v) is 5.08. The quantitative estimate of drug-likeness (QED) is 0.682. The smallest absolute Gasteiger partial charge is 0.284 e. The van der Waals surface area contributed by atoms with Gasteiger partial charge in [-0.15, -0.1) is 5.10 Å². The summed E-state index contributed by atoms with van der Waals surface area (Å²) >= 11 is 4.94. The van der Waals surface area contributed by atoms with E-state index in [1.165, 1.54) is 5.56 Å². The first-order valence-corrected chi connectivity index (χ1v) is 6.40. The molecule has 96 valence electrons. The third-order valence-corrected chi connectivity index (χ3v) is 3.22. The minimum Gasteiger partial charge on any atom is -0.409 e. The number of hydrogen-bond donors (Lipinski definition) is 1. The molecule has 2 aromatic heterocycles. The van der Waals surface area contributed by atoms with Gasteiger partial charge in [-0.2, -0.15) is 0 Å². The second-order valence-electron chi connectivity index (χ2n) is 4.71. The molecule has 3 rings (SSSR count). The lowest BCUT2D eigenvalue weighted by atomic mass is 10.0. The van der Waals surface area contributed by atoms with Crippen LogP contribution in [0.2, 0.25) is 0 Å². The molecule has 0 saturated heterocycles. The van der Waals surface area contributed by atoms with Crippen LogP contribution in [0.15, 0.2) is 22.6 Å². The van der Waals surface area contributed by atoms with Gasteiger partial charge >= 0.3 is 0 Å². The summed E-state index contributed by atoms with van der Waals surface area (Å²) in [5.41, 5.74) is 5.16. The van der Waals surface area contributed by atoms with Gasteiger partial charge in [-0.25, -0.2) is 5.10 Å². The summed E-state index contributed by atoms with van der Waals surface area (Å²) in [6, 6.07) is 6.19. The predicted molar refractivity (Wildman–Crippen MR) is 76.6 cm³/mol. The fourth-order valence-electron chi connectivity index (χ4n) is 2.33. The van der Waals surface area contributed by atoms with E-state index in [1.54, 1.807) is 0 Å². The molecule has 0 bridgehead atoms. The summed E-state index contributed by atoms with van der Waals surface area (Å²) in [5, 5.41) is 7.81. The molecule has 0 amide bonds. The van der Waals surface area contributed by atoms with Crippen molar-refractivity contribution in [3.63, 3.8) is 0 Å². The van der Waals surface area contributed by atoms with Crippen molar-refractivity contribution in [2.75, 3.05) is 0 Å². The molecule has 5 heteroatoms. The van der Waals surface area contributed by atoms with Crippen molar-refractivity contribution >= 4 is 23.1 Å². The highest BCUT2D eigenvalue weighted by Crippen LogP contribution is 2.29. The summed E-state index contributed by atoms with van der Waals surface area (Å²) in [6.07, 6.45) is 0. The van der Waals surface area contributed by atoms with Crippen LogP contribution in [0.3, 0.4) is 0 Å². The Bertz CT molecular complexity index is 832. The third kappa shape index (κ3) is 2.06. The second kappa shape index (κ2) is 4.28. The summed E-state index contributed by atoms with van der Waals surface area (Å²) in [6.45, 7) is 6.09. The van der Waals surface area contributed by atoms with Crippen molar-refractivity contribution in [3.8, 4) is 11.5 Å². The normalized spacial score (nSPS) is 11.1. The average Bonchev–Trinajstić information content (AvgIpc) is 2.76. The molecule has 1 aromatic carbocycles. The van der Waals surface area contributed by atoms with Crippen molar-refractivity contribution in [1.82, 2.24) is 15.2 Å². The highest BCUT2D eigenvalue weighted by atomic mass is 32.1. The van der Waals surface area contributed by atoms with Crippen LogP contribution in [0.4, 0.5) is 0 Å². The molecule has 3 aromatic rings. The lowest BCUT2D eigenvalue weighted by Gasteiger charge is -2.08. The SMILES string of the molecule is Cc1cc(C)c2nc(C)cc(-c3n[nH]c(=S)o3)c2c1. The van der Waals surface area contributed by atoms with Gasteiger partial charge in [-0.05, 0) is 50.7 Å². The van der Waals surface area contributed by atoms with Gasteiger partial charge in [0.2, 0.25) is 5.89 Å². The summed E-state index contributed by atoms with van der Waals surface area (Å²) in [4.78, 5) is 4.88. The van der Waals surface area contributed by atoms with Crippen LogP contribution >= 0.6 is 12.2 Å². The van der Waals surface area contributed by atoms with Crippen molar-refractivity contribution < 1.29 is 4.42 Å². The van der Waals surface area contributed by atoms with E-state index in [9.17, 15) is 0 Å². The predicted octanol–water partition coefficient (Wildman–Crippen LogP) is 3.87. The van der Waals surface area contributed by atoms with Crippen molar-refractivity contribution in [2.45, 2.75) is 20.8 Å². The minimum atomic E-state index is 0.280. The third-order valence-electron chi connectivity index (χ3n) is 3.04. The number of benzene rings is 1. The van der Waals surface area contributed by atoms with Crippen LogP contribution in [0.25, 0.3) is 22.4 Å². The number of H-pyrrole nitrogens is 1. The molecule has 0 spiro atoms. The fraction of sp³-hybridized carbons (Fsp3) is 0.214. The zero-order valence-electron chi connectivity index (χ0n) is 10.9. The maximum atomic E-state index is 5.43. The van der Waals surface area contributed by atoms with E-state index in [1.807, 2.05) is 13.0 Å². The Balaban J connectivity index is 2.44. The minimum absolute atomic E-state index is 0.280. The first-order chi connectivity index (χ1) is 9.04. The molecule has 1 N–H and O–H groups in total. The number of aromatic amines is 1. The van der Waals surface area contributed by atoms with Gasteiger partial charge in [0.1, 0.15) is 0 Å². The summed E-state index contributed by atoms with van der Waals surface area (Å²) in [7, 11) is 0. The highest BCUT2D eigenvalue weighted by Gasteiger charge is 2.12. The topological polar surface area (TPSA) is 54.7 Å². The molecule has 4 nitrogen and oxygen atoms in total. The molecule has 0 unspecified atom stereocenters. The lowest BCUT2D eigenvalue weighted by molar-refractivity contribution is 0.552.